The molecule has 0 aliphatic rings. The number of hydrogen-bond donors (Lipinski definition) is 6. The predicted octanol–water partition coefficient (Wildman–Crippen LogP) is -0.707. The number of carboxylic acid groups (broad SMARTS) is 1. The van der Waals surface area contributed by atoms with E-state index in [1.165, 1.54) is 13.0 Å². The fourth-order valence-corrected chi connectivity index (χ4v) is 2.88. The summed E-state index contributed by atoms with van der Waals surface area (Å²) in [7, 11) is 1.08. The maximum absolute atomic E-state index is 13.1. The molecule has 1 aromatic rings. The first kappa shape index (κ1) is 26.1. The van der Waals surface area contributed by atoms with E-state index in [4.69, 9.17) is 16.2 Å². The predicted molar refractivity (Wildman–Crippen MR) is 113 cm³/mol. The molecule has 0 saturated heterocycles. The number of methoxy groups -OCH3 is 1. The number of carbonyl (C=O) groups excluding carboxylic acids is 4. The second-order valence-corrected chi connectivity index (χ2v) is 7.06. The van der Waals surface area contributed by atoms with Gasteiger partial charge in [-0.2, -0.15) is 0 Å². The van der Waals surface area contributed by atoms with Crippen molar-refractivity contribution in [3.8, 4) is 0 Å². The number of carbonyl (C=O) groups is 5. The summed E-state index contributed by atoms with van der Waals surface area (Å²) in [4.78, 5) is 59.0. The lowest BCUT2D eigenvalue weighted by molar-refractivity contribution is -0.138. The number of amides is 3. The first-order chi connectivity index (χ1) is 15.0. The Kier molecular flexibility index (Phi) is 9.80. The van der Waals surface area contributed by atoms with Crippen LogP contribution in [0.3, 0.4) is 0 Å². The monoisotopic (exact) mass is 449 g/mol. The highest BCUT2D eigenvalue weighted by Crippen LogP contribution is 2.22. The van der Waals surface area contributed by atoms with Gasteiger partial charge in [-0.3, -0.25) is 19.8 Å². The summed E-state index contributed by atoms with van der Waals surface area (Å²) in [6.45, 7) is 0.937. The lowest BCUT2D eigenvalue weighted by Crippen LogP contribution is -2.61. The molecular weight excluding hydrogens is 422 g/mol. The van der Waals surface area contributed by atoms with E-state index in [1.807, 2.05) is 0 Å². The Morgan fingerprint density at radius 2 is 2.00 bits per heavy atom. The van der Waals surface area contributed by atoms with Crippen LogP contribution in [0.4, 0.5) is 4.79 Å². The van der Waals surface area contributed by atoms with E-state index in [0.29, 0.717) is 17.4 Å². The lowest BCUT2D eigenvalue weighted by Gasteiger charge is -2.33. The summed E-state index contributed by atoms with van der Waals surface area (Å²) < 4.78 is 4.61. The van der Waals surface area contributed by atoms with Crippen molar-refractivity contribution in [3.63, 3.8) is 0 Å². The minimum Gasteiger partial charge on any atom is -0.481 e. The van der Waals surface area contributed by atoms with Crippen molar-refractivity contribution >= 4 is 36.0 Å². The molecule has 0 aliphatic heterocycles. The molecule has 0 bridgehead atoms. The summed E-state index contributed by atoms with van der Waals surface area (Å²) in [6, 6.07) is 5.56. The molecule has 2 atom stereocenters. The van der Waals surface area contributed by atoms with Gasteiger partial charge in [0.15, 0.2) is 0 Å². The highest BCUT2D eigenvalue weighted by Gasteiger charge is 2.41. The summed E-state index contributed by atoms with van der Waals surface area (Å²) >= 11 is 0. The van der Waals surface area contributed by atoms with E-state index in [1.54, 1.807) is 18.2 Å². The zero-order chi connectivity index (χ0) is 24.3. The third kappa shape index (κ3) is 8.05. The van der Waals surface area contributed by atoms with Gasteiger partial charge in [0.1, 0.15) is 17.7 Å². The van der Waals surface area contributed by atoms with Gasteiger partial charge in [0, 0.05) is 18.4 Å². The van der Waals surface area contributed by atoms with Crippen LogP contribution in [0.2, 0.25) is 0 Å². The molecule has 1 aromatic carbocycles. The van der Waals surface area contributed by atoms with Crippen LogP contribution in [0, 0.1) is 5.41 Å². The largest absolute Gasteiger partial charge is 0.481 e. The summed E-state index contributed by atoms with van der Waals surface area (Å²) in [5, 5.41) is 23.8. The molecule has 174 valence electrons. The van der Waals surface area contributed by atoms with Crippen LogP contribution in [0.15, 0.2) is 24.3 Å². The van der Waals surface area contributed by atoms with Gasteiger partial charge in [-0.15, -0.1) is 0 Å². The normalized spacial score (nSPS) is 13.1. The fourth-order valence-electron chi connectivity index (χ4n) is 2.88. The van der Waals surface area contributed by atoms with Crippen LogP contribution < -0.4 is 21.7 Å². The van der Waals surface area contributed by atoms with Gasteiger partial charge in [0.2, 0.25) is 11.8 Å². The van der Waals surface area contributed by atoms with Crippen LogP contribution in [0.1, 0.15) is 30.9 Å². The number of carboxylic acids is 1. The topological polar surface area (TPSA) is 201 Å². The van der Waals surface area contributed by atoms with Gasteiger partial charge >= 0.3 is 12.1 Å². The highest BCUT2D eigenvalue weighted by molar-refractivity contribution is 5.96. The quantitative estimate of drug-likeness (QED) is 0.136. The number of hydrogen-bond acceptors (Lipinski definition) is 7. The Labute approximate surface area is 184 Å². The van der Waals surface area contributed by atoms with E-state index in [2.05, 4.69) is 20.7 Å². The molecule has 0 fully saturated rings. The molecule has 0 aromatic heterocycles. The zero-order valence-electron chi connectivity index (χ0n) is 17.8. The Balaban J connectivity index is 3.26. The van der Waals surface area contributed by atoms with Crippen LogP contribution in [-0.2, 0) is 30.3 Å². The van der Waals surface area contributed by atoms with Crippen molar-refractivity contribution < 1.29 is 33.8 Å². The van der Waals surface area contributed by atoms with Crippen LogP contribution in [0.5, 0.6) is 0 Å². The maximum Gasteiger partial charge on any atom is 0.407 e. The van der Waals surface area contributed by atoms with Crippen LogP contribution >= 0.6 is 0 Å². The fraction of sp³-hybridized carbons (Fsp3) is 0.400. The van der Waals surface area contributed by atoms with Crippen molar-refractivity contribution in [2.24, 2.45) is 5.73 Å². The van der Waals surface area contributed by atoms with Gasteiger partial charge in [-0.05, 0) is 25.0 Å². The molecular formula is C20H27N5O7. The number of ether oxygens (including phenoxy) is 1. The molecule has 12 nitrogen and oxygen atoms in total. The molecule has 0 aliphatic carbocycles. The third-order valence-corrected chi connectivity index (χ3v) is 4.47. The van der Waals surface area contributed by atoms with Gasteiger partial charge in [0.05, 0.1) is 19.7 Å². The Bertz CT molecular complexity index is 889. The SMILES string of the molecule is COC(=O)N[C@@](CCC(=O)O)(Cc1cccc(C(=N)N)c1)C(=O)NCC(=O)N[C@@H](C)C=O. The number of nitrogen functional groups attached to an aromatic ring is 1. The molecule has 0 saturated carbocycles. The van der Waals surface area contributed by atoms with Crippen LogP contribution in [-0.4, -0.2) is 66.3 Å². The standard InChI is InChI=1S/C20H27N5O7/c1-12(11-26)24-15(27)10-23-18(30)20(7-6-16(28)29,25-19(31)32-2)9-13-4-3-5-14(8-13)17(21)22/h3-5,8,11-12H,6-7,9-10H2,1-2H3,(H3,21,22)(H,23,30)(H,24,27)(H,25,31)(H,28,29)/t12-,20-/m0/s1. The van der Waals surface area contributed by atoms with Crippen molar-refractivity contribution in [2.45, 2.75) is 37.8 Å². The number of nitrogens with one attached hydrogen (secondary N) is 4. The molecule has 3 amide bonds. The van der Waals surface area contributed by atoms with Crippen molar-refractivity contribution in [1.29, 1.82) is 5.41 Å². The molecule has 0 heterocycles. The van der Waals surface area contributed by atoms with E-state index >= 15 is 0 Å². The highest BCUT2D eigenvalue weighted by atomic mass is 16.5. The number of aliphatic carboxylic acids is 1. The first-order valence-electron chi connectivity index (χ1n) is 9.57. The molecule has 0 unspecified atom stereocenters. The second-order valence-electron chi connectivity index (χ2n) is 7.06. The zero-order valence-corrected chi connectivity index (χ0v) is 17.8. The van der Waals surface area contributed by atoms with E-state index in [-0.39, 0.29) is 18.7 Å². The summed E-state index contributed by atoms with van der Waals surface area (Å²) in [5.41, 5.74) is 4.56. The second kappa shape index (κ2) is 12.0. The molecule has 7 N–H and O–H groups in total. The number of nitrogens with two attached hydrogens (primary N) is 1. The van der Waals surface area contributed by atoms with Crippen LogP contribution in [0.25, 0.3) is 0 Å². The maximum atomic E-state index is 13.1. The number of alkyl carbamates (subject to hydrolysis) is 1. The third-order valence-electron chi connectivity index (χ3n) is 4.47. The van der Waals surface area contributed by atoms with E-state index < -0.39 is 48.4 Å². The molecule has 0 spiro atoms. The molecule has 1 rings (SSSR count). The Hall–Kier alpha value is -3.96. The van der Waals surface area contributed by atoms with Crippen molar-refractivity contribution in [2.75, 3.05) is 13.7 Å². The van der Waals surface area contributed by atoms with E-state index in [0.717, 1.165) is 7.11 Å². The van der Waals surface area contributed by atoms with Gasteiger partial charge < -0.3 is 36.3 Å². The average molecular weight is 449 g/mol. The minimum absolute atomic E-state index is 0.172. The Morgan fingerprint density at radius 1 is 1.31 bits per heavy atom. The van der Waals surface area contributed by atoms with E-state index in [9.17, 15) is 24.0 Å². The molecule has 12 heteroatoms. The van der Waals surface area contributed by atoms with Crippen molar-refractivity contribution in [1.82, 2.24) is 16.0 Å². The summed E-state index contributed by atoms with van der Waals surface area (Å²) in [6.07, 6.45) is -1.43. The Morgan fingerprint density at radius 3 is 2.56 bits per heavy atom. The number of aldehydes is 1. The average Bonchev–Trinajstić information content (AvgIpc) is 2.75. The number of benzene rings is 1. The van der Waals surface area contributed by atoms with Gasteiger partial charge in [0.25, 0.3) is 0 Å². The van der Waals surface area contributed by atoms with Gasteiger partial charge in [-0.1, -0.05) is 18.2 Å². The number of rotatable bonds is 12. The minimum atomic E-state index is -1.79. The lowest BCUT2D eigenvalue weighted by atomic mass is 9.84. The van der Waals surface area contributed by atoms with Gasteiger partial charge in [-0.25, -0.2) is 4.79 Å². The summed E-state index contributed by atoms with van der Waals surface area (Å²) in [5.74, 6) is -2.90. The smallest absolute Gasteiger partial charge is 0.407 e. The van der Waals surface area contributed by atoms with Crippen molar-refractivity contribution in [3.05, 3.63) is 35.4 Å². The molecule has 32 heavy (non-hydrogen) atoms. The number of amidine groups is 1. The molecule has 0 radical (unpaired) electrons. The first-order valence-corrected chi connectivity index (χ1v) is 9.57.